The fraction of sp³-hybridized carbons (Fsp3) is 0.433. The molecule has 0 aliphatic carbocycles. The lowest BCUT2D eigenvalue weighted by molar-refractivity contribution is -0.120. The molecule has 1 aliphatic heterocycles. The van der Waals surface area contributed by atoms with Crippen LogP contribution in [0.4, 0.5) is 0 Å². The molecule has 0 atom stereocenters. The number of nitrogens with zero attached hydrogens (tertiary/aromatic N) is 2. The molecule has 1 saturated heterocycles. The molecule has 3 aromatic rings. The molecule has 1 aromatic carbocycles. The molecule has 0 N–H and O–H groups in total. The van der Waals surface area contributed by atoms with E-state index in [1.165, 1.54) is 22.5 Å². The van der Waals surface area contributed by atoms with Crippen LogP contribution in [0.2, 0.25) is 19.6 Å². The van der Waals surface area contributed by atoms with Crippen LogP contribution in [-0.2, 0) is 17.0 Å². The number of benzene rings is 1. The topological polar surface area (TPSA) is 42.9 Å². The summed E-state index contributed by atoms with van der Waals surface area (Å²) in [6, 6.07) is 21.0. The van der Waals surface area contributed by atoms with Gasteiger partial charge in [-0.15, -0.1) is 0 Å². The van der Waals surface area contributed by atoms with Gasteiger partial charge >= 0.3 is 0 Å². The van der Waals surface area contributed by atoms with Gasteiger partial charge in [0.25, 0.3) is 0 Å². The highest BCUT2D eigenvalue weighted by atomic mass is 31.1. The number of Topliss-reactive ketones (excluding diaryl/α,β-unsaturated/α-hetero) is 1. The summed E-state index contributed by atoms with van der Waals surface area (Å²) >= 11 is 0. The van der Waals surface area contributed by atoms with Crippen molar-refractivity contribution >= 4 is 45.9 Å². The second-order valence-corrected chi connectivity index (χ2v) is 23.7. The molecule has 0 amide bonds. The summed E-state index contributed by atoms with van der Waals surface area (Å²) in [5.74, 6) is 0.407. The van der Waals surface area contributed by atoms with Crippen LogP contribution in [0.15, 0.2) is 67.0 Å². The number of rotatable bonds is 7. The van der Waals surface area contributed by atoms with E-state index >= 15 is 0 Å². The van der Waals surface area contributed by atoms with Crippen LogP contribution < -0.4 is 16.2 Å². The molecule has 3 nitrogen and oxygen atoms in total. The lowest BCUT2D eigenvalue weighted by Crippen LogP contribution is -2.44. The van der Waals surface area contributed by atoms with Gasteiger partial charge < -0.3 is 0 Å². The monoisotopic (exact) mass is 534 g/mol. The standard InChI is InChI=1S/C30H40N2OP2Si/c1-29(2)19-25(33)20-30(3,4)35(29)26-15-14-23(22-36(5,6)7)18-24(26)21-34(27-12-8-10-16-31-27)28-13-9-11-17-32-28/h8-18H,19-22H2,1-7H3. The van der Waals surface area contributed by atoms with E-state index in [4.69, 9.17) is 9.97 Å². The van der Waals surface area contributed by atoms with Crippen molar-refractivity contribution in [2.45, 2.75) is 82.7 Å². The van der Waals surface area contributed by atoms with Crippen molar-refractivity contribution in [1.29, 1.82) is 0 Å². The first kappa shape index (κ1) is 27.3. The highest BCUT2D eigenvalue weighted by Gasteiger charge is 2.48. The molecule has 0 radical (unpaired) electrons. The van der Waals surface area contributed by atoms with Crippen molar-refractivity contribution in [3.63, 3.8) is 0 Å². The van der Waals surface area contributed by atoms with Crippen LogP contribution in [0.3, 0.4) is 0 Å². The molecule has 0 bridgehead atoms. The van der Waals surface area contributed by atoms with E-state index < -0.39 is 23.9 Å². The molecular formula is C30H40N2OP2Si. The number of hydrogen-bond donors (Lipinski definition) is 0. The number of aromatic nitrogens is 2. The van der Waals surface area contributed by atoms with Crippen LogP contribution >= 0.6 is 15.8 Å². The van der Waals surface area contributed by atoms with E-state index in [2.05, 4.69) is 89.8 Å². The molecule has 0 saturated carbocycles. The maximum atomic E-state index is 12.7. The molecule has 1 fully saturated rings. The quantitative estimate of drug-likeness (QED) is 0.255. The average molecular weight is 535 g/mol. The highest BCUT2D eigenvalue weighted by Crippen LogP contribution is 2.64. The fourth-order valence-corrected chi connectivity index (χ4v) is 13.8. The van der Waals surface area contributed by atoms with E-state index in [1.54, 1.807) is 0 Å². The van der Waals surface area contributed by atoms with Gasteiger partial charge in [0.1, 0.15) is 5.78 Å². The van der Waals surface area contributed by atoms with Crippen molar-refractivity contribution in [2.24, 2.45) is 0 Å². The number of ketones is 1. The molecular weight excluding hydrogens is 494 g/mol. The summed E-state index contributed by atoms with van der Waals surface area (Å²) in [6.45, 7) is 16.6. The van der Waals surface area contributed by atoms with Gasteiger partial charge in [-0.3, -0.25) is 14.8 Å². The average Bonchev–Trinajstić information content (AvgIpc) is 2.77. The Labute approximate surface area is 221 Å². The minimum absolute atomic E-state index is 0.0258. The number of pyridine rings is 2. The zero-order chi connectivity index (χ0) is 26.1. The van der Waals surface area contributed by atoms with Gasteiger partial charge in [-0.05, 0) is 51.5 Å². The van der Waals surface area contributed by atoms with E-state index in [0.717, 1.165) is 17.0 Å². The Kier molecular flexibility index (Phi) is 8.01. The number of hydrogen-bond acceptors (Lipinski definition) is 3. The normalized spacial score (nSPS) is 17.9. The van der Waals surface area contributed by atoms with Crippen molar-refractivity contribution in [1.82, 2.24) is 9.97 Å². The van der Waals surface area contributed by atoms with Gasteiger partial charge in [-0.2, -0.15) is 0 Å². The molecule has 6 heteroatoms. The van der Waals surface area contributed by atoms with Crippen LogP contribution in [0.1, 0.15) is 51.7 Å². The number of carbonyl (C=O) groups is 1. The van der Waals surface area contributed by atoms with Crippen LogP contribution in [0.5, 0.6) is 0 Å². The Hall–Kier alpha value is -1.73. The molecule has 1 aliphatic rings. The lowest BCUT2D eigenvalue weighted by Gasteiger charge is -2.50. The second-order valence-electron chi connectivity index (χ2n) is 12.5. The third kappa shape index (κ3) is 6.39. The fourth-order valence-electron chi connectivity index (χ4n) is 5.84. The smallest absolute Gasteiger partial charge is 0.134 e. The summed E-state index contributed by atoms with van der Waals surface area (Å²) < 4.78 is 0. The Morgan fingerprint density at radius 3 is 1.89 bits per heavy atom. The zero-order valence-electron chi connectivity index (χ0n) is 22.9. The second kappa shape index (κ2) is 10.6. The summed E-state index contributed by atoms with van der Waals surface area (Å²) in [6.07, 6.45) is 6.08. The Balaban J connectivity index is 1.86. The Bertz CT molecular complexity index is 1150. The van der Waals surface area contributed by atoms with Crippen LogP contribution in [0, 0.1) is 0 Å². The largest absolute Gasteiger partial charge is 0.300 e. The van der Waals surface area contributed by atoms with Gasteiger partial charge in [-0.1, -0.05) is 91.2 Å². The zero-order valence-corrected chi connectivity index (χ0v) is 25.7. The minimum Gasteiger partial charge on any atom is -0.300 e. The minimum atomic E-state index is -1.27. The van der Waals surface area contributed by atoms with E-state index in [0.29, 0.717) is 18.6 Å². The maximum Gasteiger partial charge on any atom is 0.134 e. The molecule has 36 heavy (non-hydrogen) atoms. The van der Waals surface area contributed by atoms with E-state index in [9.17, 15) is 4.79 Å². The van der Waals surface area contributed by atoms with Gasteiger partial charge in [-0.25, -0.2) is 0 Å². The predicted octanol–water partition coefficient (Wildman–Crippen LogP) is 6.56. The molecule has 2 aromatic heterocycles. The first-order valence-electron chi connectivity index (χ1n) is 12.9. The first-order valence-corrected chi connectivity index (χ1v) is 19.5. The molecule has 0 spiro atoms. The molecule has 190 valence electrons. The molecule has 4 rings (SSSR count). The van der Waals surface area contributed by atoms with E-state index in [1.807, 2.05) is 24.5 Å². The molecule has 3 heterocycles. The van der Waals surface area contributed by atoms with Crippen molar-refractivity contribution in [3.05, 3.63) is 78.1 Å². The van der Waals surface area contributed by atoms with Gasteiger partial charge in [0, 0.05) is 47.4 Å². The van der Waals surface area contributed by atoms with Crippen molar-refractivity contribution in [2.75, 3.05) is 0 Å². The SMILES string of the molecule is CC1(C)CC(=O)CC(C)(C)P1c1ccc(C[Si](C)(C)C)cc1CP(c1ccccn1)c1ccccn1. The van der Waals surface area contributed by atoms with E-state index in [-0.39, 0.29) is 10.3 Å². The van der Waals surface area contributed by atoms with Crippen LogP contribution in [0.25, 0.3) is 0 Å². The highest BCUT2D eigenvalue weighted by molar-refractivity contribution is 7.72. The van der Waals surface area contributed by atoms with Crippen LogP contribution in [-0.4, -0.2) is 34.1 Å². The Morgan fingerprint density at radius 1 is 0.861 bits per heavy atom. The van der Waals surface area contributed by atoms with Crippen molar-refractivity contribution in [3.8, 4) is 0 Å². The summed E-state index contributed by atoms with van der Waals surface area (Å²) in [4.78, 5) is 22.3. The van der Waals surface area contributed by atoms with Gasteiger partial charge in [0.15, 0.2) is 0 Å². The summed E-state index contributed by atoms with van der Waals surface area (Å²) in [5, 5.41) is 1.43. The summed E-state index contributed by atoms with van der Waals surface area (Å²) in [7, 11) is -2.57. The third-order valence-corrected chi connectivity index (χ3v) is 14.2. The maximum absolute atomic E-state index is 12.7. The number of carbonyl (C=O) groups excluding carboxylic acids is 1. The lowest BCUT2D eigenvalue weighted by atomic mass is 9.96. The first-order chi connectivity index (χ1) is 16.9. The Morgan fingerprint density at radius 2 is 1.42 bits per heavy atom. The summed E-state index contributed by atoms with van der Waals surface area (Å²) in [5.41, 5.74) is 5.13. The van der Waals surface area contributed by atoms with Crippen molar-refractivity contribution < 1.29 is 4.79 Å². The third-order valence-electron chi connectivity index (χ3n) is 6.77. The van der Waals surface area contributed by atoms with Gasteiger partial charge in [0.05, 0.1) is 10.9 Å². The predicted molar refractivity (Wildman–Crippen MR) is 161 cm³/mol. The van der Waals surface area contributed by atoms with Gasteiger partial charge in [0.2, 0.25) is 0 Å². The molecule has 0 unspecified atom stereocenters.